The number of para-hydroxylation sites is 1. The number of carboxylic acids is 1. The number of carbonyl (C=O) groups is 1. The van der Waals surface area contributed by atoms with Crippen LogP contribution in [0.5, 0.6) is 0 Å². The van der Waals surface area contributed by atoms with Gasteiger partial charge in [-0.3, -0.25) is 4.79 Å². The van der Waals surface area contributed by atoms with Gasteiger partial charge in [0.15, 0.2) is 0 Å². The maximum Gasteiger partial charge on any atom is 0.303 e. The SMILES string of the molecule is O=C(O)CC1Cc2[nH]c3ccccc3c2C1. The van der Waals surface area contributed by atoms with Crippen LogP contribution in [0.3, 0.4) is 0 Å². The number of benzene rings is 1. The first-order chi connectivity index (χ1) is 7.74. The zero-order chi connectivity index (χ0) is 11.1. The molecule has 0 aliphatic heterocycles. The second-order valence-electron chi connectivity index (χ2n) is 4.50. The molecule has 1 aromatic heterocycles. The molecule has 0 saturated carbocycles. The highest BCUT2D eigenvalue weighted by Gasteiger charge is 2.26. The highest BCUT2D eigenvalue weighted by molar-refractivity contribution is 5.85. The van der Waals surface area contributed by atoms with Gasteiger partial charge in [0.1, 0.15) is 0 Å². The fourth-order valence-electron chi connectivity index (χ4n) is 2.70. The van der Waals surface area contributed by atoms with Gasteiger partial charge in [-0.15, -0.1) is 0 Å². The standard InChI is InChI=1S/C13H13NO2/c15-13(16)7-8-5-10-9-3-1-2-4-11(9)14-12(10)6-8/h1-4,8,14H,5-7H2,(H,15,16). The van der Waals surface area contributed by atoms with E-state index in [4.69, 9.17) is 5.11 Å². The van der Waals surface area contributed by atoms with Crippen LogP contribution >= 0.6 is 0 Å². The van der Waals surface area contributed by atoms with E-state index in [9.17, 15) is 4.79 Å². The van der Waals surface area contributed by atoms with Gasteiger partial charge in [-0.05, 0) is 30.4 Å². The number of hydrogen-bond acceptors (Lipinski definition) is 1. The topological polar surface area (TPSA) is 53.1 Å². The van der Waals surface area contributed by atoms with Crippen LogP contribution in [0, 0.1) is 5.92 Å². The lowest BCUT2D eigenvalue weighted by Gasteiger charge is -2.04. The van der Waals surface area contributed by atoms with E-state index in [1.807, 2.05) is 12.1 Å². The zero-order valence-electron chi connectivity index (χ0n) is 8.86. The Labute approximate surface area is 93.1 Å². The Morgan fingerprint density at radius 2 is 2.19 bits per heavy atom. The Morgan fingerprint density at radius 3 is 3.00 bits per heavy atom. The molecule has 2 N–H and O–H groups in total. The molecule has 1 atom stereocenters. The molecule has 0 saturated heterocycles. The van der Waals surface area contributed by atoms with Crippen LogP contribution in [0.1, 0.15) is 17.7 Å². The van der Waals surface area contributed by atoms with Gasteiger partial charge in [-0.25, -0.2) is 0 Å². The molecule has 0 spiro atoms. The van der Waals surface area contributed by atoms with Crippen LogP contribution in [-0.2, 0) is 17.6 Å². The van der Waals surface area contributed by atoms with Crippen molar-refractivity contribution in [2.24, 2.45) is 5.92 Å². The zero-order valence-corrected chi connectivity index (χ0v) is 8.86. The summed E-state index contributed by atoms with van der Waals surface area (Å²) in [6.45, 7) is 0. The van der Waals surface area contributed by atoms with E-state index in [1.54, 1.807) is 0 Å². The Hall–Kier alpha value is -1.77. The van der Waals surface area contributed by atoms with Crippen LogP contribution in [0.4, 0.5) is 0 Å². The number of aromatic amines is 1. The van der Waals surface area contributed by atoms with Crippen LogP contribution in [-0.4, -0.2) is 16.1 Å². The molecule has 82 valence electrons. The van der Waals surface area contributed by atoms with Gasteiger partial charge in [0.2, 0.25) is 0 Å². The molecule has 0 bridgehead atoms. The monoisotopic (exact) mass is 215 g/mol. The molecule has 1 heterocycles. The van der Waals surface area contributed by atoms with E-state index in [1.165, 1.54) is 22.2 Å². The molecular formula is C13H13NO2. The molecule has 2 aromatic rings. The fourth-order valence-corrected chi connectivity index (χ4v) is 2.70. The number of aromatic nitrogens is 1. The van der Waals surface area contributed by atoms with Crippen molar-refractivity contribution < 1.29 is 9.90 Å². The van der Waals surface area contributed by atoms with E-state index in [0.717, 1.165) is 12.8 Å². The average molecular weight is 215 g/mol. The largest absolute Gasteiger partial charge is 0.481 e. The molecule has 1 aliphatic rings. The minimum absolute atomic E-state index is 0.267. The van der Waals surface area contributed by atoms with Gasteiger partial charge < -0.3 is 10.1 Å². The predicted molar refractivity (Wildman–Crippen MR) is 61.4 cm³/mol. The van der Waals surface area contributed by atoms with Crippen LogP contribution in [0.25, 0.3) is 10.9 Å². The normalized spacial score (nSPS) is 18.9. The van der Waals surface area contributed by atoms with E-state index in [-0.39, 0.29) is 12.3 Å². The van der Waals surface area contributed by atoms with Gasteiger partial charge in [0.25, 0.3) is 0 Å². The van der Waals surface area contributed by atoms with E-state index in [2.05, 4.69) is 17.1 Å². The van der Waals surface area contributed by atoms with Crippen molar-refractivity contribution in [2.75, 3.05) is 0 Å². The quantitative estimate of drug-likeness (QED) is 0.808. The molecule has 1 aromatic carbocycles. The van der Waals surface area contributed by atoms with Crippen molar-refractivity contribution in [3.8, 4) is 0 Å². The molecular weight excluding hydrogens is 202 g/mol. The van der Waals surface area contributed by atoms with E-state index in [0.29, 0.717) is 0 Å². The third-order valence-electron chi connectivity index (χ3n) is 3.35. The lowest BCUT2D eigenvalue weighted by Crippen LogP contribution is -2.07. The highest BCUT2D eigenvalue weighted by Crippen LogP contribution is 2.34. The van der Waals surface area contributed by atoms with Crippen molar-refractivity contribution in [3.63, 3.8) is 0 Å². The van der Waals surface area contributed by atoms with Gasteiger partial charge >= 0.3 is 5.97 Å². The molecule has 1 aliphatic carbocycles. The minimum atomic E-state index is -0.695. The summed E-state index contributed by atoms with van der Waals surface area (Å²) in [5.74, 6) is -0.428. The summed E-state index contributed by atoms with van der Waals surface area (Å²) < 4.78 is 0. The number of rotatable bonds is 2. The summed E-state index contributed by atoms with van der Waals surface area (Å²) in [7, 11) is 0. The molecule has 3 nitrogen and oxygen atoms in total. The van der Waals surface area contributed by atoms with Gasteiger partial charge in [0, 0.05) is 23.0 Å². The Balaban J connectivity index is 1.96. The number of carboxylic acid groups (broad SMARTS) is 1. The second-order valence-corrected chi connectivity index (χ2v) is 4.50. The van der Waals surface area contributed by atoms with Crippen molar-refractivity contribution in [1.82, 2.24) is 4.98 Å². The lowest BCUT2D eigenvalue weighted by molar-refractivity contribution is -0.138. The first-order valence-electron chi connectivity index (χ1n) is 5.54. The molecule has 0 radical (unpaired) electrons. The summed E-state index contributed by atoms with van der Waals surface area (Å²) in [6, 6.07) is 8.22. The lowest BCUT2D eigenvalue weighted by atomic mass is 10.0. The molecule has 3 rings (SSSR count). The van der Waals surface area contributed by atoms with Crippen LogP contribution in [0.2, 0.25) is 0 Å². The first-order valence-corrected chi connectivity index (χ1v) is 5.54. The van der Waals surface area contributed by atoms with Gasteiger partial charge in [-0.1, -0.05) is 18.2 Å². The second kappa shape index (κ2) is 3.37. The van der Waals surface area contributed by atoms with E-state index < -0.39 is 5.97 Å². The minimum Gasteiger partial charge on any atom is -0.481 e. The van der Waals surface area contributed by atoms with Crippen molar-refractivity contribution in [1.29, 1.82) is 0 Å². The molecule has 1 unspecified atom stereocenters. The Morgan fingerprint density at radius 1 is 1.38 bits per heavy atom. The van der Waals surface area contributed by atoms with Gasteiger partial charge in [-0.2, -0.15) is 0 Å². The number of fused-ring (bicyclic) bond motifs is 3. The molecule has 0 fully saturated rings. The summed E-state index contributed by atoms with van der Waals surface area (Å²) >= 11 is 0. The maximum atomic E-state index is 10.7. The summed E-state index contributed by atoms with van der Waals surface area (Å²) in [5.41, 5.74) is 3.72. The van der Waals surface area contributed by atoms with Crippen LogP contribution in [0.15, 0.2) is 24.3 Å². The number of aliphatic carboxylic acids is 1. The van der Waals surface area contributed by atoms with Crippen molar-refractivity contribution in [2.45, 2.75) is 19.3 Å². The molecule has 0 amide bonds. The third kappa shape index (κ3) is 1.40. The Kier molecular flexibility index (Phi) is 1.99. The average Bonchev–Trinajstić information content (AvgIpc) is 2.73. The summed E-state index contributed by atoms with van der Waals surface area (Å²) in [4.78, 5) is 14.1. The number of nitrogens with one attached hydrogen (secondary N) is 1. The summed E-state index contributed by atoms with van der Waals surface area (Å²) in [5, 5.41) is 10.0. The maximum absolute atomic E-state index is 10.7. The summed E-state index contributed by atoms with van der Waals surface area (Å²) in [6.07, 6.45) is 2.04. The van der Waals surface area contributed by atoms with E-state index >= 15 is 0 Å². The Bertz CT molecular complexity index is 556. The highest BCUT2D eigenvalue weighted by atomic mass is 16.4. The predicted octanol–water partition coefficient (Wildman–Crippen LogP) is 2.36. The number of H-pyrrole nitrogens is 1. The molecule has 3 heteroatoms. The smallest absolute Gasteiger partial charge is 0.303 e. The van der Waals surface area contributed by atoms with Crippen LogP contribution < -0.4 is 0 Å². The van der Waals surface area contributed by atoms with Crippen molar-refractivity contribution in [3.05, 3.63) is 35.5 Å². The molecule has 16 heavy (non-hydrogen) atoms. The van der Waals surface area contributed by atoms with Crippen molar-refractivity contribution >= 4 is 16.9 Å². The number of hydrogen-bond donors (Lipinski definition) is 2. The first kappa shape index (κ1) is 9.46. The van der Waals surface area contributed by atoms with Gasteiger partial charge in [0.05, 0.1) is 0 Å². The fraction of sp³-hybridized carbons (Fsp3) is 0.308. The third-order valence-corrected chi connectivity index (χ3v) is 3.35.